The second-order valence-corrected chi connectivity index (χ2v) is 9.81. The predicted molar refractivity (Wildman–Crippen MR) is 128 cm³/mol. The molecule has 6 nitrogen and oxygen atoms in total. The van der Waals surface area contributed by atoms with E-state index in [1.54, 1.807) is 23.1 Å². The average molecular weight is 450 g/mol. The summed E-state index contributed by atoms with van der Waals surface area (Å²) in [6.45, 7) is 5.09. The number of aryl methyl sites for hydroxylation is 1. The molecule has 1 saturated heterocycles. The molecule has 0 aromatic heterocycles. The Morgan fingerprint density at radius 1 is 0.938 bits per heavy atom. The van der Waals surface area contributed by atoms with Gasteiger partial charge in [-0.25, -0.2) is 8.42 Å². The van der Waals surface area contributed by atoms with Crippen molar-refractivity contribution >= 4 is 27.3 Å². The number of nitrogens with one attached hydrogen (secondary N) is 2. The molecule has 0 bridgehead atoms. The molecule has 1 aliphatic heterocycles. The van der Waals surface area contributed by atoms with Crippen LogP contribution in [-0.2, 0) is 10.0 Å². The summed E-state index contributed by atoms with van der Waals surface area (Å²) in [5.41, 5.74) is 3.97. The van der Waals surface area contributed by atoms with Crippen LogP contribution in [0.5, 0.6) is 0 Å². The number of hydrogen-bond acceptors (Lipinski definition) is 4. The molecule has 1 unspecified atom stereocenters. The summed E-state index contributed by atoms with van der Waals surface area (Å²) in [5, 5.41) is 3.46. The van der Waals surface area contributed by atoms with Crippen LogP contribution in [0.1, 0.15) is 27.9 Å². The zero-order valence-electron chi connectivity index (χ0n) is 18.2. The van der Waals surface area contributed by atoms with Crippen molar-refractivity contribution in [1.29, 1.82) is 0 Å². The third kappa shape index (κ3) is 4.78. The van der Waals surface area contributed by atoms with Crippen molar-refractivity contribution in [3.63, 3.8) is 0 Å². The van der Waals surface area contributed by atoms with Crippen molar-refractivity contribution in [2.24, 2.45) is 0 Å². The highest BCUT2D eigenvalue weighted by Gasteiger charge is 2.27. The molecule has 166 valence electrons. The van der Waals surface area contributed by atoms with Crippen molar-refractivity contribution in [3.8, 4) is 0 Å². The molecule has 0 radical (unpaired) electrons. The molecule has 1 heterocycles. The fraction of sp³-hybridized carbons (Fsp3) is 0.240. The van der Waals surface area contributed by atoms with E-state index < -0.39 is 10.0 Å². The molecule has 0 spiro atoms. The minimum atomic E-state index is -3.74. The van der Waals surface area contributed by atoms with Gasteiger partial charge in [0.1, 0.15) is 0 Å². The standard InChI is InChI=1S/C25H27N3O3S/c1-18-7-6-10-24(19(18)2)27-32(30,31)23-13-11-20(12-14-23)25(29)28-16-15-22(17-28)26-21-8-4-3-5-9-21/h3-14,22,26-27H,15-17H2,1-2H3. The second-order valence-electron chi connectivity index (χ2n) is 8.12. The van der Waals surface area contributed by atoms with Crippen molar-refractivity contribution in [1.82, 2.24) is 4.90 Å². The van der Waals surface area contributed by atoms with Gasteiger partial charge in [-0.05, 0) is 73.9 Å². The number of anilines is 2. The second kappa shape index (κ2) is 9.04. The van der Waals surface area contributed by atoms with Gasteiger partial charge in [0.15, 0.2) is 0 Å². The number of nitrogens with zero attached hydrogens (tertiary/aromatic N) is 1. The van der Waals surface area contributed by atoms with Crippen molar-refractivity contribution in [2.75, 3.05) is 23.1 Å². The number of carbonyl (C=O) groups is 1. The van der Waals surface area contributed by atoms with Gasteiger partial charge in [0.25, 0.3) is 15.9 Å². The van der Waals surface area contributed by atoms with Crippen LogP contribution >= 0.6 is 0 Å². The lowest BCUT2D eigenvalue weighted by Crippen LogP contribution is -2.31. The largest absolute Gasteiger partial charge is 0.380 e. The van der Waals surface area contributed by atoms with E-state index in [1.165, 1.54) is 12.1 Å². The van der Waals surface area contributed by atoms with Crippen LogP contribution in [0.15, 0.2) is 77.7 Å². The fourth-order valence-corrected chi connectivity index (χ4v) is 4.98. The average Bonchev–Trinajstić information content (AvgIpc) is 3.25. The van der Waals surface area contributed by atoms with Crippen LogP contribution in [-0.4, -0.2) is 38.4 Å². The number of likely N-dealkylation sites (tertiary alicyclic amines) is 1. The van der Waals surface area contributed by atoms with Crippen LogP contribution < -0.4 is 10.0 Å². The van der Waals surface area contributed by atoms with E-state index in [4.69, 9.17) is 0 Å². The summed E-state index contributed by atoms with van der Waals surface area (Å²) in [6.07, 6.45) is 0.868. The summed E-state index contributed by atoms with van der Waals surface area (Å²) >= 11 is 0. The number of para-hydroxylation sites is 1. The Morgan fingerprint density at radius 2 is 1.66 bits per heavy atom. The van der Waals surface area contributed by atoms with E-state index in [9.17, 15) is 13.2 Å². The van der Waals surface area contributed by atoms with Gasteiger partial charge in [0.2, 0.25) is 0 Å². The Labute approximate surface area is 189 Å². The van der Waals surface area contributed by atoms with Crippen LogP contribution in [0.25, 0.3) is 0 Å². The number of hydrogen-bond donors (Lipinski definition) is 2. The van der Waals surface area contributed by atoms with Gasteiger partial charge in [-0.3, -0.25) is 9.52 Å². The van der Waals surface area contributed by atoms with E-state index >= 15 is 0 Å². The first-order valence-corrected chi connectivity index (χ1v) is 12.1. The van der Waals surface area contributed by atoms with Gasteiger partial charge in [-0.2, -0.15) is 0 Å². The molecule has 3 aromatic rings. The van der Waals surface area contributed by atoms with Crippen LogP contribution in [0, 0.1) is 13.8 Å². The van der Waals surface area contributed by atoms with E-state index in [-0.39, 0.29) is 16.8 Å². The molecular weight excluding hydrogens is 422 g/mol. The molecular formula is C25H27N3O3S. The van der Waals surface area contributed by atoms with E-state index in [0.29, 0.717) is 24.3 Å². The maximum atomic E-state index is 12.9. The normalized spacial score (nSPS) is 16.1. The van der Waals surface area contributed by atoms with Gasteiger partial charge in [-0.1, -0.05) is 30.3 Å². The van der Waals surface area contributed by atoms with Crippen molar-refractivity contribution in [2.45, 2.75) is 31.2 Å². The summed E-state index contributed by atoms with van der Waals surface area (Å²) in [7, 11) is -3.74. The fourth-order valence-electron chi connectivity index (χ4n) is 3.86. The van der Waals surface area contributed by atoms with Gasteiger partial charge in [0.05, 0.1) is 10.6 Å². The molecule has 1 atom stereocenters. The Kier molecular flexibility index (Phi) is 6.19. The molecule has 4 rings (SSSR count). The zero-order valence-corrected chi connectivity index (χ0v) is 19.0. The van der Waals surface area contributed by atoms with Gasteiger partial charge in [-0.15, -0.1) is 0 Å². The maximum absolute atomic E-state index is 12.9. The maximum Gasteiger partial charge on any atom is 0.261 e. The first-order valence-electron chi connectivity index (χ1n) is 10.6. The minimum absolute atomic E-state index is 0.0891. The van der Waals surface area contributed by atoms with Crippen LogP contribution in [0.4, 0.5) is 11.4 Å². The third-order valence-electron chi connectivity index (χ3n) is 5.88. The molecule has 1 amide bonds. The number of sulfonamides is 1. The van der Waals surface area contributed by atoms with Gasteiger partial charge < -0.3 is 10.2 Å². The highest BCUT2D eigenvalue weighted by molar-refractivity contribution is 7.92. The topological polar surface area (TPSA) is 78.5 Å². The van der Waals surface area contributed by atoms with Crippen LogP contribution in [0.3, 0.4) is 0 Å². The Balaban J connectivity index is 1.42. The first-order chi connectivity index (χ1) is 15.3. The molecule has 2 N–H and O–H groups in total. The number of benzene rings is 3. The molecule has 32 heavy (non-hydrogen) atoms. The first kappa shape index (κ1) is 21.9. The van der Waals surface area contributed by atoms with Crippen molar-refractivity contribution < 1.29 is 13.2 Å². The van der Waals surface area contributed by atoms with Crippen molar-refractivity contribution in [3.05, 3.63) is 89.5 Å². The molecule has 7 heteroatoms. The third-order valence-corrected chi connectivity index (χ3v) is 7.26. The number of amides is 1. The smallest absolute Gasteiger partial charge is 0.261 e. The molecule has 3 aromatic carbocycles. The predicted octanol–water partition coefficient (Wildman–Crippen LogP) is 4.43. The molecule has 1 fully saturated rings. The van der Waals surface area contributed by atoms with Crippen LogP contribution in [0.2, 0.25) is 0 Å². The molecule has 1 aliphatic rings. The van der Waals surface area contributed by atoms with E-state index in [2.05, 4.69) is 10.0 Å². The SMILES string of the molecule is Cc1cccc(NS(=O)(=O)c2ccc(C(=O)N3CCC(Nc4ccccc4)C3)cc2)c1C. The van der Waals surface area contributed by atoms with Gasteiger partial charge in [0, 0.05) is 30.4 Å². The molecule has 0 saturated carbocycles. The van der Waals surface area contributed by atoms with E-state index in [1.807, 2.05) is 56.3 Å². The molecule has 0 aliphatic carbocycles. The Morgan fingerprint density at radius 3 is 2.38 bits per heavy atom. The lowest BCUT2D eigenvalue weighted by Gasteiger charge is -2.18. The highest BCUT2D eigenvalue weighted by atomic mass is 32.2. The Bertz CT molecular complexity index is 1210. The number of carbonyl (C=O) groups excluding carboxylic acids is 1. The zero-order chi connectivity index (χ0) is 22.7. The highest BCUT2D eigenvalue weighted by Crippen LogP contribution is 2.23. The summed E-state index contributed by atoms with van der Waals surface area (Å²) in [4.78, 5) is 14.8. The monoisotopic (exact) mass is 449 g/mol. The van der Waals surface area contributed by atoms with Gasteiger partial charge >= 0.3 is 0 Å². The summed E-state index contributed by atoms with van der Waals surface area (Å²) in [5.74, 6) is -0.0891. The summed E-state index contributed by atoms with van der Waals surface area (Å²) in [6, 6.07) is 21.8. The van der Waals surface area contributed by atoms with E-state index in [0.717, 1.165) is 23.2 Å². The summed E-state index contributed by atoms with van der Waals surface area (Å²) < 4.78 is 28.3. The Hall–Kier alpha value is -3.32. The quantitative estimate of drug-likeness (QED) is 0.584. The number of rotatable bonds is 6. The lowest BCUT2D eigenvalue weighted by molar-refractivity contribution is 0.0791. The lowest BCUT2D eigenvalue weighted by atomic mass is 10.1. The minimum Gasteiger partial charge on any atom is -0.380 e.